The number of nitrogens with one attached hydrogen (secondary N) is 2. The summed E-state index contributed by atoms with van der Waals surface area (Å²) in [4.78, 5) is 37.4. The predicted octanol–water partition coefficient (Wildman–Crippen LogP) is 2.43. The summed E-state index contributed by atoms with van der Waals surface area (Å²) in [5.41, 5.74) is -0.894. The number of carboxylic acid groups (broad SMARTS) is 1. The molecular weight excluding hydrogens is 391 g/mol. The Balaban J connectivity index is 2.14. The Morgan fingerprint density at radius 1 is 1.18 bits per heavy atom. The van der Waals surface area contributed by atoms with Gasteiger partial charge in [-0.2, -0.15) is 0 Å². The minimum atomic E-state index is -1.31. The van der Waals surface area contributed by atoms with E-state index in [0.717, 1.165) is 6.07 Å². The summed E-state index contributed by atoms with van der Waals surface area (Å²) < 4.78 is 14.5. The molecule has 0 spiro atoms. The molecule has 1 amide bonds. The summed E-state index contributed by atoms with van der Waals surface area (Å²) in [6.07, 6.45) is 0.0444. The van der Waals surface area contributed by atoms with Gasteiger partial charge in [0, 0.05) is 22.4 Å². The first-order valence-electron chi connectivity index (χ1n) is 8.09. The summed E-state index contributed by atoms with van der Waals surface area (Å²) in [5.74, 6) is -3.65. The maximum atomic E-state index is 14.5. The number of pyridine rings is 1. The van der Waals surface area contributed by atoms with Crippen LogP contribution in [0.15, 0.2) is 41.2 Å². The number of rotatable bonds is 5. The largest absolute Gasteiger partial charge is 0.506 e. The highest BCUT2D eigenvalue weighted by molar-refractivity contribution is 6.31. The molecule has 144 valence electrons. The van der Waals surface area contributed by atoms with Gasteiger partial charge >= 0.3 is 5.97 Å². The van der Waals surface area contributed by atoms with Gasteiger partial charge in [-0.25, -0.2) is 4.39 Å². The van der Waals surface area contributed by atoms with Crippen LogP contribution in [0.2, 0.25) is 5.02 Å². The van der Waals surface area contributed by atoms with E-state index in [1.54, 1.807) is 24.3 Å². The number of fused-ring (bicyclic) bond motifs is 1. The molecule has 1 aromatic heterocycles. The number of carbonyl (C=O) groups excluding carboxylic acids is 1. The molecule has 3 aromatic rings. The summed E-state index contributed by atoms with van der Waals surface area (Å²) in [6.45, 7) is -0.725. The number of halogens is 2. The van der Waals surface area contributed by atoms with Gasteiger partial charge in [0.15, 0.2) is 0 Å². The fourth-order valence-corrected chi connectivity index (χ4v) is 3.04. The van der Waals surface area contributed by atoms with Gasteiger partial charge in [-0.3, -0.25) is 14.4 Å². The Morgan fingerprint density at radius 2 is 1.89 bits per heavy atom. The number of carbonyl (C=O) groups is 2. The fourth-order valence-electron chi connectivity index (χ4n) is 2.84. The molecule has 1 heterocycles. The monoisotopic (exact) mass is 404 g/mol. The van der Waals surface area contributed by atoms with Crippen molar-refractivity contribution in [2.45, 2.75) is 6.42 Å². The number of aromatic hydroxyl groups is 1. The van der Waals surface area contributed by atoms with Crippen LogP contribution in [-0.4, -0.2) is 33.6 Å². The third-order valence-electron chi connectivity index (χ3n) is 4.17. The molecule has 2 aromatic carbocycles. The number of aromatic amines is 1. The lowest BCUT2D eigenvalue weighted by molar-refractivity contribution is -0.135. The molecule has 0 aliphatic carbocycles. The number of amides is 1. The molecule has 0 aliphatic rings. The standard InChI is InChI=1S/C19H14ClFN2O5/c20-12-4-2-1-3-9(12)7-11-13(21)6-5-10-16(11)23-19(28)15(17(10)26)18(27)22-8-14(24)25/h1-6H,7-8H2,(H,22,27)(H,24,25)(H2,23,26,28). The van der Waals surface area contributed by atoms with Crippen molar-refractivity contribution in [3.8, 4) is 5.75 Å². The molecule has 0 saturated heterocycles. The Labute approximate surface area is 162 Å². The molecule has 28 heavy (non-hydrogen) atoms. The molecule has 0 bridgehead atoms. The highest BCUT2D eigenvalue weighted by Crippen LogP contribution is 2.30. The Morgan fingerprint density at radius 3 is 2.57 bits per heavy atom. The number of hydrogen-bond acceptors (Lipinski definition) is 4. The summed E-state index contributed by atoms with van der Waals surface area (Å²) in [5, 5.41) is 21.5. The molecule has 0 fully saturated rings. The van der Waals surface area contributed by atoms with Gasteiger partial charge in [0.1, 0.15) is 23.7 Å². The minimum Gasteiger partial charge on any atom is -0.506 e. The quantitative estimate of drug-likeness (QED) is 0.520. The first kappa shape index (κ1) is 19.4. The normalized spacial score (nSPS) is 10.8. The van der Waals surface area contributed by atoms with Crippen molar-refractivity contribution < 1.29 is 24.2 Å². The molecule has 0 radical (unpaired) electrons. The maximum Gasteiger partial charge on any atom is 0.322 e. The molecule has 0 unspecified atom stereocenters. The first-order valence-corrected chi connectivity index (χ1v) is 8.47. The lowest BCUT2D eigenvalue weighted by Gasteiger charge is -2.12. The Kier molecular flexibility index (Phi) is 5.32. The van der Waals surface area contributed by atoms with Crippen LogP contribution in [-0.2, 0) is 11.2 Å². The van der Waals surface area contributed by atoms with Crippen LogP contribution < -0.4 is 10.9 Å². The second-order valence-corrected chi connectivity index (χ2v) is 6.38. The van der Waals surface area contributed by atoms with Crippen molar-refractivity contribution in [2.75, 3.05) is 6.54 Å². The highest BCUT2D eigenvalue weighted by atomic mass is 35.5. The van der Waals surface area contributed by atoms with E-state index in [-0.39, 0.29) is 22.9 Å². The number of benzene rings is 2. The number of aromatic nitrogens is 1. The lowest BCUT2D eigenvalue weighted by atomic mass is 9.99. The van der Waals surface area contributed by atoms with Crippen LogP contribution in [0.1, 0.15) is 21.5 Å². The van der Waals surface area contributed by atoms with Crippen LogP contribution in [0.25, 0.3) is 10.9 Å². The molecule has 9 heteroatoms. The number of H-pyrrole nitrogens is 1. The van der Waals surface area contributed by atoms with E-state index in [0.29, 0.717) is 10.6 Å². The highest BCUT2D eigenvalue weighted by Gasteiger charge is 2.22. The second-order valence-electron chi connectivity index (χ2n) is 5.97. The van der Waals surface area contributed by atoms with Gasteiger partial charge in [0.2, 0.25) is 0 Å². The number of carboxylic acids is 1. The maximum absolute atomic E-state index is 14.5. The van der Waals surface area contributed by atoms with E-state index < -0.39 is 41.1 Å². The van der Waals surface area contributed by atoms with Crippen molar-refractivity contribution in [3.05, 3.63) is 74.3 Å². The van der Waals surface area contributed by atoms with Crippen LogP contribution in [0.5, 0.6) is 5.75 Å². The van der Waals surface area contributed by atoms with Gasteiger partial charge in [-0.05, 0) is 23.8 Å². The van der Waals surface area contributed by atoms with Crippen molar-refractivity contribution in [1.29, 1.82) is 0 Å². The van der Waals surface area contributed by atoms with E-state index in [1.165, 1.54) is 6.07 Å². The molecule has 3 rings (SSSR count). The smallest absolute Gasteiger partial charge is 0.322 e. The zero-order valence-corrected chi connectivity index (χ0v) is 15.0. The van der Waals surface area contributed by atoms with E-state index in [4.69, 9.17) is 16.7 Å². The van der Waals surface area contributed by atoms with Gasteiger partial charge in [0.05, 0.1) is 5.52 Å². The van der Waals surface area contributed by atoms with Crippen LogP contribution >= 0.6 is 11.6 Å². The van der Waals surface area contributed by atoms with Crippen LogP contribution in [0, 0.1) is 5.82 Å². The van der Waals surface area contributed by atoms with Crippen molar-refractivity contribution in [2.24, 2.45) is 0 Å². The molecule has 7 nitrogen and oxygen atoms in total. The summed E-state index contributed by atoms with van der Waals surface area (Å²) in [6, 6.07) is 9.12. The Bertz CT molecular complexity index is 1160. The van der Waals surface area contributed by atoms with E-state index in [2.05, 4.69) is 4.98 Å². The third-order valence-corrected chi connectivity index (χ3v) is 4.53. The topological polar surface area (TPSA) is 119 Å². The van der Waals surface area contributed by atoms with Crippen molar-refractivity contribution >= 4 is 34.4 Å². The SMILES string of the molecule is O=C(O)CNC(=O)c1c(O)c2ccc(F)c(Cc3ccccc3Cl)c2[nH]c1=O. The zero-order chi connectivity index (χ0) is 20.4. The molecule has 0 aliphatic heterocycles. The van der Waals surface area contributed by atoms with Crippen LogP contribution in [0.3, 0.4) is 0 Å². The third kappa shape index (κ3) is 3.67. The number of hydrogen-bond donors (Lipinski definition) is 4. The lowest BCUT2D eigenvalue weighted by Crippen LogP contribution is -2.33. The second kappa shape index (κ2) is 7.69. The average Bonchev–Trinajstić information content (AvgIpc) is 2.64. The molecule has 4 N–H and O–H groups in total. The molecular formula is C19H14ClFN2O5. The van der Waals surface area contributed by atoms with E-state index in [1.807, 2.05) is 5.32 Å². The molecule has 0 saturated carbocycles. The summed E-state index contributed by atoms with van der Waals surface area (Å²) in [7, 11) is 0. The van der Waals surface area contributed by atoms with Crippen molar-refractivity contribution in [1.82, 2.24) is 10.3 Å². The van der Waals surface area contributed by atoms with Gasteiger partial charge in [-0.15, -0.1) is 0 Å². The van der Waals surface area contributed by atoms with Gasteiger partial charge < -0.3 is 20.5 Å². The van der Waals surface area contributed by atoms with E-state index >= 15 is 0 Å². The zero-order valence-electron chi connectivity index (χ0n) is 14.3. The average molecular weight is 405 g/mol. The van der Waals surface area contributed by atoms with Gasteiger partial charge in [-0.1, -0.05) is 29.8 Å². The van der Waals surface area contributed by atoms with Crippen molar-refractivity contribution in [3.63, 3.8) is 0 Å². The van der Waals surface area contributed by atoms with Crippen LogP contribution in [0.4, 0.5) is 4.39 Å². The number of aliphatic carboxylic acids is 1. The fraction of sp³-hybridized carbons (Fsp3) is 0.105. The Hall–Kier alpha value is -3.39. The molecule has 0 atom stereocenters. The summed E-state index contributed by atoms with van der Waals surface area (Å²) >= 11 is 6.12. The van der Waals surface area contributed by atoms with E-state index in [9.17, 15) is 23.9 Å². The van der Waals surface area contributed by atoms with Gasteiger partial charge in [0.25, 0.3) is 11.5 Å². The first-order chi connectivity index (χ1) is 13.3. The minimum absolute atomic E-state index is 0.0252. The predicted molar refractivity (Wildman–Crippen MR) is 100 cm³/mol.